The lowest BCUT2D eigenvalue weighted by atomic mass is 10.00. The molecular formula is C16H29N5O2S. The molecule has 8 heteroatoms. The van der Waals surface area contributed by atoms with Gasteiger partial charge in [-0.05, 0) is 44.7 Å². The van der Waals surface area contributed by atoms with Gasteiger partial charge in [0, 0.05) is 32.4 Å². The molecule has 0 radical (unpaired) electrons. The largest absolute Gasteiger partial charge is 0.297 e. The Labute approximate surface area is 145 Å². The minimum atomic E-state index is -3.09. The highest BCUT2D eigenvalue weighted by Gasteiger charge is 2.26. The molecular weight excluding hydrogens is 326 g/mol. The second kappa shape index (κ2) is 7.93. The number of aromatic nitrogens is 3. The number of sulfonamides is 1. The van der Waals surface area contributed by atoms with Crippen LogP contribution in [0.15, 0.2) is 6.20 Å². The monoisotopic (exact) mass is 355 g/mol. The number of nitrogens with zero attached hydrogens (tertiary/aromatic N) is 5. The predicted octanol–water partition coefficient (Wildman–Crippen LogP) is 1.33. The van der Waals surface area contributed by atoms with Gasteiger partial charge in [-0.1, -0.05) is 18.1 Å². The zero-order valence-corrected chi connectivity index (χ0v) is 15.4. The summed E-state index contributed by atoms with van der Waals surface area (Å²) in [6, 6.07) is 0. The Morgan fingerprint density at radius 2 is 1.88 bits per heavy atom. The third-order valence-electron chi connectivity index (χ3n) is 5.07. The van der Waals surface area contributed by atoms with Crippen LogP contribution in [0.2, 0.25) is 0 Å². The summed E-state index contributed by atoms with van der Waals surface area (Å²) in [5.41, 5.74) is 1.02. The highest BCUT2D eigenvalue weighted by Crippen LogP contribution is 2.20. The van der Waals surface area contributed by atoms with E-state index >= 15 is 0 Å². The molecule has 1 atom stereocenters. The van der Waals surface area contributed by atoms with E-state index in [9.17, 15) is 8.42 Å². The molecule has 136 valence electrons. The van der Waals surface area contributed by atoms with Gasteiger partial charge in [0.15, 0.2) is 0 Å². The van der Waals surface area contributed by atoms with Crippen LogP contribution in [-0.4, -0.2) is 65.1 Å². The molecule has 0 aromatic carbocycles. The number of piperidine rings is 1. The number of hydrogen-bond donors (Lipinski definition) is 0. The van der Waals surface area contributed by atoms with Crippen molar-refractivity contribution in [3.8, 4) is 0 Å². The minimum absolute atomic E-state index is 0.321. The summed E-state index contributed by atoms with van der Waals surface area (Å²) in [5, 5.41) is 8.57. The van der Waals surface area contributed by atoms with Crippen molar-refractivity contribution in [1.82, 2.24) is 24.2 Å². The fourth-order valence-electron chi connectivity index (χ4n) is 3.77. The summed E-state index contributed by atoms with van der Waals surface area (Å²) < 4.78 is 26.9. The molecule has 3 heterocycles. The molecule has 0 aliphatic carbocycles. The molecule has 0 bridgehead atoms. The Morgan fingerprint density at radius 3 is 2.58 bits per heavy atom. The van der Waals surface area contributed by atoms with Crippen LogP contribution >= 0.6 is 0 Å². The normalized spacial score (nSPS) is 24.8. The third kappa shape index (κ3) is 5.00. The molecule has 1 aromatic rings. The Balaban J connectivity index is 1.53. The van der Waals surface area contributed by atoms with E-state index in [1.54, 1.807) is 4.31 Å². The molecule has 3 rings (SSSR count). The molecule has 0 N–H and O–H groups in total. The van der Waals surface area contributed by atoms with Crippen LogP contribution in [0.3, 0.4) is 0 Å². The van der Waals surface area contributed by atoms with Gasteiger partial charge < -0.3 is 0 Å². The maximum Gasteiger partial charge on any atom is 0.211 e. The molecule has 0 saturated carbocycles. The smallest absolute Gasteiger partial charge is 0.211 e. The van der Waals surface area contributed by atoms with E-state index in [1.165, 1.54) is 31.9 Å². The Morgan fingerprint density at radius 1 is 1.12 bits per heavy atom. The summed E-state index contributed by atoms with van der Waals surface area (Å²) in [5.74, 6) is 0.321. The number of rotatable bonds is 5. The van der Waals surface area contributed by atoms with E-state index < -0.39 is 10.0 Å². The van der Waals surface area contributed by atoms with Crippen LogP contribution in [0, 0.1) is 5.92 Å². The minimum Gasteiger partial charge on any atom is -0.297 e. The van der Waals surface area contributed by atoms with Crippen LogP contribution in [0.4, 0.5) is 0 Å². The Hall–Kier alpha value is -0.990. The topological polar surface area (TPSA) is 71.3 Å². The highest BCUT2D eigenvalue weighted by molar-refractivity contribution is 7.88. The molecule has 2 fully saturated rings. The van der Waals surface area contributed by atoms with Crippen molar-refractivity contribution in [2.24, 2.45) is 5.92 Å². The van der Waals surface area contributed by atoms with Gasteiger partial charge in [-0.3, -0.25) is 9.58 Å². The quantitative estimate of drug-likeness (QED) is 0.797. The van der Waals surface area contributed by atoms with Gasteiger partial charge in [-0.25, -0.2) is 12.7 Å². The second-order valence-corrected chi connectivity index (χ2v) is 9.23. The lowest BCUT2D eigenvalue weighted by Gasteiger charge is -2.30. The van der Waals surface area contributed by atoms with E-state index in [4.69, 9.17) is 0 Å². The van der Waals surface area contributed by atoms with Crippen LogP contribution in [-0.2, 0) is 23.1 Å². The summed E-state index contributed by atoms with van der Waals surface area (Å²) >= 11 is 0. The lowest BCUT2D eigenvalue weighted by Crippen LogP contribution is -2.40. The van der Waals surface area contributed by atoms with Crippen molar-refractivity contribution < 1.29 is 8.42 Å². The lowest BCUT2D eigenvalue weighted by molar-refractivity contribution is 0.239. The summed E-state index contributed by atoms with van der Waals surface area (Å²) in [4.78, 5) is 2.47. The first-order chi connectivity index (χ1) is 11.5. The van der Waals surface area contributed by atoms with Crippen molar-refractivity contribution >= 4 is 10.0 Å². The van der Waals surface area contributed by atoms with Gasteiger partial charge in [0.2, 0.25) is 10.0 Å². The predicted molar refractivity (Wildman–Crippen MR) is 92.9 cm³/mol. The van der Waals surface area contributed by atoms with Crippen molar-refractivity contribution in [3.63, 3.8) is 0 Å². The van der Waals surface area contributed by atoms with Gasteiger partial charge in [0.25, 0.3) is 0 Å². The molecule has 2 aliphatic rings. The zero-order chi connectivity index (χ0) is 17.0. The van der Waals surface area contributed by atoms with Gasteiger partial charge in [-0.15, -0.1) is 5.10 Å². The molecule has 1 aromatic heterocycles. The van der Waals surface area contributed by atoms with Gasteiger partial charge >= 0.3 is 0 Å². The van der Waals surface area contributed by atoms with Gasteiger partial charge in [-0.2, -0.15) is 0 Å². The molecule has 0 amide bonds. The highest BCUT2D eigenvalue weighted by atomic mass is 32.2. The molecule has 2 aliphatic heterocycles. The first kappa shape index (κ1) is 17.8. The maximum absolute atomic E-state index is 11.7. The Kier molecular flexibility index (Phi) is 5.89. The van der Waals surface area contributed by atoms with Crippen LogP contribution in [0.5, 0.6) is 0 Å². The second-order valence-electron chi connectivity index (χ2n) is 7.25. The van der Waals surface area contributed by atoms with E-state index in [0.29, 0.717) is 19.0 Å². The SMILES string of the molecule is CS(=O)(=O)N1CCC[C@@H](Cn2cc(CN3CCCCCC3)nn2)C1. The van der Waals surface area contributed by atoms with Gasteiger partial charge in [0.1, 0.15) is 0 Å². The van der Waals surface area contributed by atoms with E-state index in [1.807, 2.05) is 10.9 Å². The molecule has 0 unspecified atom stereocenters. The van der Waals surface area contributed by atoms with Crippen molar-refractivity contribution in [1.29, 1.82) is 0 Å². The first-order valence-corrected chi connectivity index (χ1v) is 10.9. The molecule has 24 heavy (non-hydrogen) atoms. The maximum atomic E-state index is 11.7. The molecule has 7 nitrogen and oxygen atoms in total. The standard InChI is InChI=1S/C16H29N5O2S/c1-24(22,23)21-10-6-7-15(12-21)11-20-14-16(17-18-20)13-19-8-4-2-3-5-9-19/h14-15H,2-13H2,1H3/t15-/m0/s1. The van der Waals surface area contributed by atoms with E-state index in [2.05, 4.69) is 15.2 Å². The van der Waals surface area contributed by atoms with Crippen LogP contribution < -0.4 is 0 Å². The number of likely N-dealkylation sites (tertiary alicyclic amines) is 1. The van der Waals surface area contributed by atoms with E-state index in [-0.39, 0.29) is 0 Å². The molecule has 0 spiro atoms. The fourth-order valence-corrected chi connectivity index (χ4v) is 4.71. The van der Waals surface area contributed by atoms with Crippen molar-refractivity contribution in [2.75, 3.05) is 32.4 Å². The zero-order valence-electron chi connectivity index (χ0n) is 14.6. The number of hydrogen-bond acceptors (Lipinski definition) is 5. The van der Waals surface area contributed by atoms with Crippen LogP contribution in [0.25, 0.3) is 0 Å². The van der Waals surface area contributed by atoms with Crippen LogP contribution in [0.1, 0.15) is 44.2 Å². The average Bonchev–Trinajstić information content (AvgIpc) is 2.80. The summed E-state index contributed by atoms with van der Waals surface area (Å²) in [6.45, 7) is 5.17. The van der Waals surface area contributed by atoms with Gasteiger partial charge in [0.05, 0.1) is 11.9 Å². The molecule has 2 saturated heterocycles. The average molecular weight is 356 g/mol. The van der Waals surface area contributed by atoms with Crippen molar-refractivity contribution in [3.05, 3.63) is 11.9 Å². The Bertz CT molecular complexity index is 622. The summed E-state index contributed by atoms with van der Waals surface area (Å²) in [7, 11) is -3.09. The third-order valence-corrected chi connectivity index (χ3v) is 6.34. The van der Waals surface area contributed by atoms with Crippen molar-refractivity contribution in [2.45, 2.75) is 51.6 Å². The summed E-state index contributed by atoms with van der Waals surface area (Å²) in [6.07, 6.45) is 10.5. The fraction of sp³-hybridized carbons (Fsp3) is 0.875. The first-order valence-electron chi connectivity index (χ1n) is 9.07. The van der Waals surface area contributed by atoms with E-state index in [0.717, 1.165) is 44.7 Å².